The Kier molecular flexibility index (Phi) is 3.85. The van der Waals surface area contributed by atoms with Gasteiger partial charge >= 0.3 is 5.97 Å². The van der Waals surface area contributed by atoms with Gasteiger partial charge in [0.1, 0.15) is 5.78 Å². The highest BCUT2D eigenvalue weighted by Gasteiger charge is 2.23. The van der Waals surface area contributed by atoms with Gasteiger partial charge in [-0.1, -0.05) is 27.4 Å². The molecule has 0 heterocycles. The topological polar surface area (TPSA) is 43.4 Å². The molecule has 0 N–H and O–H groups in total. The highest BCUT2D eigenvalue weighted by atomic mass is 16.5. The predicted octanol–water partition coefficient (Wildman–Crippen LogP) is 1.72. The Balaban J connectivity index is 4.24. The Morgan fingerprint density at radius 1 is 1.31 bits per heavy atom. The van der Waals surface area contributed by atoms with Crippen LogP contribution < -0.4 is 0 Å². The maximum atomic E-state index is 11.4. The Morgan fingerprint density at radius 3 is 2.08 bits per heavy atom. The van der Waals surface area contributed by atoms with Crippen LogP contribution in [-0.4, -0.2) is 18.9 Å². The zero-order chi connectivity index (χ0) is 10.6. The normalized spacial score (nSPS) is 10.8. The minimum absolute atomic E-state index is 0.0112. The highest BCUT2D eigenvalue weighted by Crippen LogP contribution is 2.19. The van der Waals surface area contributed by atoms with E-state index in [1.54, 1.807) is 20.8 Å². The van der Waals surface area contributed by atoms with Crippen molar-refractivity contribution in [3.05, 3.63) is 12.2 Å². The number of hydrogen-bond acceptors (Lipinski definition) is 3. The van der Waals surface area contributed by atoms with E-state index in [-0.39, 0.29) is 17.8 Å². The smallest absolute Gasteiger partial charge is 0.333 e. The number of rotatable bonds is 3. The van der Waals surface area contributed by atoms with Gasteiger partial charge in [-0.05, 0) is 0 Å². The van der Waals surface area contributed by atoms with Gasteiger partial charge in [0.05, 0.1) is 7.11 Å². The molecule has 0 unspecified atom stereocenters. The van der Waals surface area contributed by atoms with Crippen molar-refractivity contribution in [3.63, 3.8) is 0 Å². The maximum Gasteiger partial charge on any atom is 0.333 e. The molecule has 3 nitrogen and oxygen atoms in total. The second-order valence-corrected chi connectivity index (χ2v) is 3.95. The lowest BCUT2D eigenvalue weighted by Gasteiger charge is -2.16. The minimum atomic E-state index is -0.516. The van der Waals surface area contributed by atoms with Gasteiger partial charge in [0, 0.05) is 17.4 Å². The average molecular weight is 184 g/mol. The van der Waals surface area contributed by atoms with Gasteiger partial charge in [-0.3, -0.25) is 4.79 Å². The van der Waals surface area contributed by atoms with Crippen LogP contribution in [0.1, 0.15) is 27.2 Å². The van der Waals surface area contributed by atoms with E-state index < -0.39 is 11.4 Å². The summed E-state index contributed by atoms with van der Waals surface area (Å²) in [6.45, 7) is 8.90. The molecule has 74 valence electrons. The molecule has 0 aromatic heterocycles. The molecule has 3 heteroatoms. The molecule has 0 amide bonds. The maximum absolute atomic E-state index is 11.4. The largest absolute Gasteiger partial charge is 0.466 e. The quantitative estimate of drug-likeness (QED) is 0.495. The van der Waals surface area contributed by atoms with Crippen LogP contribution in [0.4, 0.5) is 0 Å². The van der Waals surface area contributed by atoms with Crippen molar-refractivity contribution in [1.29, 1.82) is 0 Å². The lowest BCUT2D eigenvalue weighted by molar-refractivity contribution is -0.137. The Morgan fingerprint density at radius 2 is 1.77 bits per heavy atom. The van der Waals surface area contributed by atoms with Crippen molar-refractivity contribution in [2.45, 2.75) is 27.2 Å². The van der Waals surface area contributed by atoms with Crippen LogP contribution in [0.2, 0.25) is 0 Å². The fourth-order valence-electron chi connectivity index (χ4n) is 0.675. The lowest BCUT2D eigenvalue weighted by Crippen LogP contribution is -2.22. The first-order valence-corrected chi connectivity index (χ1v) is 4.08. The minimum Gasteiger partial charge on any atom is -0.466 e. The van der Waals surface area contributed by atoms with E-state index in [0.717, 1.165) is 0 Å². The van der Waals surface area contributed by atoms with Crippen LogP contribution in [0.15, 0.2) is 12.2 Å². The third kappa shape index (κ3) is 3.87. The van der Waals surface area contributed by atoms with Crippen LogP contribution in [0.3, 0.4) is 0 Å². The summed E-state index contributed by atoms with van der Waals surface area (Å²) in [5.41, 5.74) is -0.223. The van der Waals surface area contributed by atoms with Gasteiger partial charge in [-0.15, -0.1) is 0 Å². The third-order valence-corrected chi connectivity index (χ3v) is 1.68. The van der Waals surface area contributed by atoms with E-state index in [9.17, 15) is 9.59 Å². The molecule has 13 heavy (non-hydrogen) atoms. The first-order valence-electron chi connectivity index (χ1n) is 4.08. The number of hydrogen-bond donors (Lipinski definition) is 0. The number of Topliss-reactive ketones (excluding diaryl/α,β-unsaturated/α-hetero) is 1. The van der Waals surface area contributed by atoms with Gasteiger partial charge in [0.25, 0.3) is 0 Å². The summed E-state index contributed by atoms with van der Waals surface area (Å²) in [7, 11) is 1.27. The summed E-state index contributed by atoms with van der Waals surface area (Å²) in [6.07, 6.45) is 0.0656. The van der Waals surface area contributed by atoms with Gasteiger partial charge in [-0.25, -0.2) is 4.79 Å². The number of ketones is 1. The molecular weight excluding hydrogens is 168 g/mol. The summed E-state index contributed by atoms with van der Waals surface area (Å²) < 4.78 is 4.43. The molecule has 0 aromatic carbocycles. The van der Waals surface area contributed by atoms with Crippen molar-refractivity contribution in [3.8, 4) is 0 Å². The van der Waals surface area contributed by atoms with Gasteiger partial charge in [-0.2, -0.15) is 0 Å². The number of methoxy groups -OCH3 is 1. The fraction of sp³-hybridized carbons (Fsp3) is 0.600. The molecule has 0 radical (unpaired) electrons. The molecule has 0 aliphatic rings. The summed E-state index contributed by atoms with van der Waals surface area (Å²) >= 11 is 0. The molecule has 0 spiro atoms. The van der Waals surface area contributed by atoms with Crippen molar-refractivity contribution >= 4 is 11.8 Å². The first kappa shape index (κ1) is 11.9. The van der Waals surface area contributed by atoms with E-state index in [4.69, 9.17) is 0 Å². The van der Waals surface area contributed by atoms with Gasteiger partial charge in [0.2, 0.25) is 0 Å². The van der Waals surface area contributed by atoms with Crippen LogP contribution in [0.5, 0.6) is 0 Å². The molecule has 0 fully saturated rings. The van der Waals surface area contributed by atoms with Gasteiger partial charge in [0.15, 0.2) is 0 Å². The van der Waals surface area contributed by atoms with Crippen LogP contribution >= 0.6 is 0 Å². The van der Waals surface area contributed by atoms with E-state index in [0.29, 0.717) is 0 Å². The Hall–Kier alpha value is -1.12. The van der Waals surface area contributed by atoms with Crippen molar-refractivity contribution in [1.82, 2.24) is 0 Å². The summed E-state index contributed by atoms with van der Waals surface area (Å²) in [4.78, 5) is 22.3. The molecule has 0 aromatic rings. The van der Waals surface area contributed by atoms with Crippen LogP contribution in [0, 0.1) is 5.41 Å². The first-order chi connectivity index (χ1) is 5.79. The third-order valence-electron chi connectivity index (χ3n) is 1.68. The van der Waals surface area contributed by atoms with E-state index in [1.807, 2.05) is 0 Å². The number of esters is 1. The van der Waals surface area contributed by atoms with E-state index in [1.165, 1.54) is 7.11 Å². The van der Waals surface area contributed by atoms with E-state index in [2.05, 4.69) is 11.3 Å². The molecule has 0 atom stereocenters. The molecule has 0 saturated carbocycles. The SMILES string of the molecule is C=C(CC(=O)C(C)(C)C)C(=O)OC. The molecule has 0 aliphatic carbocycles. The molecule has 0 bridgehead atoms. The zero-order valence-corrected chi connectivity index (χ0v) is 8.64. The average Bonchev–Trinajstić information content (AvgIpc) is 2.01. The molecule has 0 saturated heterocycles. The van der Waals surface area contributed by atoms with Crippen molar-refractivity contribution < 1.29 is 14.3 Å². The van der Waals surface area contributed by atoms with Crippen molar-refractivity contribution in [2.75, 3.05) is 7.11 Å². The number of carbonyl (C=O) groups is 2. The van der Waals surface area contributed by atoms with Gasteiger partial charge < -0.3 is 4.74 Å². The number of ether oxygens (including phenoxy) is 1. The molecular formula is C10H16O3. The standard InChI is InChI=1S/C10H16O3/c1-7(9(12)13-5)6-8(11)10(2,3)4/h1,6H2,2-5H3. The molecule has 0 rings (SSSR count). The zero-order valence-electron chi connectivity index (χ0n) is 8.64. The predicted molar refractivity (Wildman–Crippen MR) is 50.2 cm³/mol. The summed E-state index contributed by atoms with van der Waals surface area (Å²) in [5, 5.41) is 0. The van der Waals surface area contributed by atoms with E-state index >= 15 is 0 Å². The highest BCUT2D eigenvalue weighted by molar-refractivity contribution is 5.96. The van der Waals surface area contributed by atoms with Crippen LogP contribution in [-0.2, 0) is 14.3 Å². The monoisotopic (exact) mass is 184 g/mol. The second kappa shape index (κ2) is 4.21. The Bertz CT molecular complexity index is 233. The molecule has 0 aliphatic heterocycles. The van der Waals surface area contributed by atoms with Crippen LogP contribution in [0.25, 0.3) is 0 Å². The fourth-order valence-corrected chi connectivity index (χ4v) is 0.675. The Labute approximate surface area is 78.8 Å². The second-order valence-electron chi connectivity index (χ2n) is 3.95. The lowest BCUT2D eigenvalue weighted by atomic mass is 9.87. The summed E-state index contributed by atoms with van der Waals surface area (Å²) in [6, 6.07) is 0. The number of carbonyl (C=O) groups excluding carboxylic acids is 2. The van der Waals surface area contributed by atoms with Crippen molar-refractivity contribution in [2.24, 2.45) is 5.41 Å². The summed E-state index contributed by atoms with van der Waals surface area (Å²) in [5.74, 6) is -0.527.